The van der Waals surface area contributed by atoms with Gasteiger partial charge in [0, 0.05) is 26.2 Å². The number of hydrogen-bond acceptors (Lipinski definition) is 2. The van der Waals surface area contributed by atoms with Crippen LogP contribution in [-0.2, 0) is 0 Å². The Kier molecular flexibility index (Phi) is 8.50. The number of aryl methyl sites for hydroxylation is 1. The first kappa shape index (κ1) is 18.6. The highest BCUT2D eigenvalue weighted by molar-refractivity contribution is 5.85. The third kappa shape index (κ3) is 4.88. The summed E-state index contributed by atoms with van der Waals surface area (Å²) in [6, 6.07) is 6.67. The Labute approximate surface area is 125 Å². The maximum atomic E-state index is 13.2. The summed E-state index contributed by atoms with van der Waals surface area (Å²) in [6.45, 7) is 4.87. The fourth-order valence-corrected chi connectivity index (χ4v) is 2.33. The molecule has 0 aliphatic carbocycles. The monoisotopic (exact) mass is 312 g/mol. The standard InChI is InChI=1S/C13H18F2N2.2ClH/c1-10-3-2-4-11(9-10)12(13(14)15)17-7-5-16-6-8-17;;/h2-4,9,12-13,16H,5-8H2,1H3;2*1H/t12-;;/m1../s1. The molecule has 6 heteroatoms. The number of nitrogens with zero attached hydrogens (tertiary/aromatic N) is 1. The molecule has 1 atom stereocenters. The first-order valence-corrected chi connectivity index (χ1v) is 5.98. The number of piperazine rings is 1. The molecule has 0 aromatic heterocycles. The molecule has 110 valence electrons. The fraction of sp³-hybridized carbons (Fsp3) is 0.538. The van der Waals surface area contributed by atoms with Gasteiger partial charge in [-0.15, -0.1) is 24.8 Å². The molecular formula is C13H20Cl2F2N2. The van der Waals surface area contributed by atoms with E-state index in [1.165, 1.54) is 0 Å². The molecule has 1 aliphatic rings. The Balaban J connectivity index is 0.00000162. The van der Waals surface area contributed by atoms with Gasteiger partial charge in [0.2, 0.25) is 0 Å². The second kappa shape index (κ2) is 8.69. The SMILES string of the molecule is Cc1cccc([C@H](C(F)F)N2CCNCC2)c1.Cl.Cl. The van der Waals surface area contributed by atoms with Crippen LogP contribution in [0.5, 0.6) is 0 Å². The molecule has 1 fully saturated rings. The van der Waals surface area contributed by atoms with E-state index in [1.54, 1.807) is 6.07 Å². The number of alkyl halides is 2. The number of hydrogen-bond donors (Lipinski definition) is 1. The molecule has 0 amide bonds. The van der Waals surface area contributed by atoms with Crippen molar-refractivity contribution < 1.29 is 8.78 Å². The molecule has 0 saturated carbocycles. The fourth-order valence-electron chi connectivity index (χ4n) is 2.33. The Hall–Kier alpha value is -0.420. The van der Waals surface area contributed by atoms with Crippen molar-refractivity contribution in [3.63, 3.8) is 0 Å². The quantitative estimate of drug-likeness (QED) is 0.923. The van der Waals surface area contributed by atoms with E-state index in [1.807, 2.05) is 30.0 Å². The summed E-state index contributed by atoms with van der Waals surface area (Å²) in [6.07, 6.45) is -2.34. The van der Waals surface area contributed by atoms with Gasteiger partial charge in [0.05, 0.1) is 6.04 Å². The van der Waals surface area contributed by atoms with E-state index in [4.69, 9.17) is 0 Å². The molecule has 1 saturated heterocycles. The molecule has 2 nitrogen and oxygen atoms in total. The lowest BCUT2D eigenvalue weighted by Crippen LogP contribution is -2.46. The molecule has 1 aromatic carbocycles. The minimum Gasteiger partial charge on any atom is -0.314 e. The van der Waals surface area contributed by atoms with E-state index < -0.39 is 12.5 Å². The van der Waals surface area contributed by atoms with Gasteiger partial charge in [0.1, 0.15) is 0 Å². The van der Waals surface area contributed by atoms with Crippen LogP contribution in [0.2, 0.25) is 0 Å². The maximum absolute atomic E-state index is 13.2. The van der Waals surface area contributed by atoms with E-state index in [0.717, 1.165) is 24.2 Å². The van der Waals surface area contributed by atoms with Crippen LogP contribution in [0, 0.1) is 6.92 Å². The van der Waals surface area contributed by atoms with E-state index in [-0.39, 0.29) is 24.8 Å². The Morgan fingerprint density at radius 3 is 2.32 bits per heavy atom. The summed E-state index contributed by atoms with van der Waals surface area (Å²) in [5, 5.41) is 3.18. The third-order valence-electron chi connectivity index (χ3n) is 3.17. The Bertz CT molecular complexity index is 371. The van der Waals surface area contributed by atoms with Crippen molar-refractivity contribution in [3.8, 4) is 0 Å². The van der Waals surface area contributed by atoms with Crippen molar-refractivity contribution in [3.05, 3.63) is 35.4 Å². The average molecular weight is 313 g/mol. The smallest absolute Gasteiger partial charge is 0.258 e. The normalized spacial score (nSPS) is 17.5. The van der Waals surface area contributed by atoms with Crippen LogP contribution in [0.4, 0.5) is 8.78 Å². The van der Waals surface area contributed by atoms with Crippen molar-refractivity contribution in [1.82, 2.24) is 10.2 Å². The number of rotatable bonds is 3. The second-order valence-electron chi connectivity index (χ2n) is 4.48. The highest BCUT2D eigenvalue weighted by Crippen LogP contribution is 2.28. The predicted molar refractivity (Wildman–Crippen MR) is 78.9 cm³/mol. The molecule has 1 aliphatic heterocycles. The van der Waals surface area contributed by atoms with Crippen LogP contribution in [0.15, 0.2) is 24.3 Å². The molecule has 1 N–H and O–H groups in total. The summed E-state index contributed by atoms with van der Waals surface area (Å²) in [7, 11) is 0. The number of benzene rings is 1. The summed E-state index contributed by atoms with van der Waals surface area (Å²) in [4.78, 5) is 1.87. The van der Waals surface area contributed by atoms with Crippen molar-refractivity contribution in [2.24, 2.45) is 0 Å². The van der Waals surface area contributed by atoms with Crippen LogP contribution < -0.4 is 5.32 Å². The molecule has 0 unspecified atom stereocenters. The Morgan fingerprint density at radius 2 is 1.79 bits per heavy atom. The van der Waals surface area contributed by atoms with Gasteiger partial charge in [-0.05, 0) is 12.5 Å². The summed E-state index contributed by atoms with van der Waals surface area (Å²) < 4.78 is 26.5. The van der Waals surface area contributed by atoms with Gasteiger partial charge in [-0.25, -0.2) is 8.78 Å². The summed E-state index contributed by atoms with van der Waals surface area (Å²) >= 11 is 0. The lowest BCUT2D eigenvalue weighted by molar-refractivity contribution is 0.0181. The Morgan fingerprint density at radius 1 is 1.16 bits per heavy atom. The highest BCUT2D eigenvalue weighted by atomic mass is 35.5. The molecule has 0 spiro atoms. The number of halogens is 4. The lowest BCUT2D eigenvalue weighted by atomic mass is 10.0. The van der Waals surface area contributed by atoms with Gasteiger partial charge >= 0.3 is 0 Å². The molecule has 0 radical (unpaired) electrons. The molecule has 1 heterocycles. The maximum Gasteiger partial charge on any atom is 0.258 e. The van der Waals surface area contributed by atoms with Crippen LogP contribution in [0.3, 0.4) is 0 Å². The van der Waals surface area contributed by atoms with Crippen molar-refractivity contribution in [1.29, 1.82) is 0 Å². The zero-order chi connectivity index (χ0) is 12.3. The van der Waals surface area contributed by atoms with Crippen molar-refractivity contribution in [2.75, 3.05) is 26.2 Å². The van der Waals surface area contributed by atoms with E-state index in [0.29, 0.717) is 13.1 Å². The highest BCUT2D eigenvalue weighted by Gasteiger charge is 2.29. The molecular weight excluding hydrogens is 293 g/mol. The minimum atomic E-state index is -2.34. The predicted octanol–water partition coefficient (Wildman–Crippen LogP) is 3.05. The van der Waals surface area contributed by atoms with Crippen molar-refractivity contribution in [2.45, 2.75) is 19.4 Å². The minimum absolute atomic E-state index is 0. The average Bonchev–Trinajstić information content (AvgIpc) is 2.30. The van der Waals surface area contributed by atoms with Crippen molar-refractivity contribution >= 4 is 24.8 Å². The van der Waals surface area contributed by atoms with E-state index in [9.17, 15) is 8.78 Å². The number of nitrogens with one attached hydrogen (secondary N) is 1. The molecule has 0 bridgehead atoms. The zero-order valence-corrected chi connectivity index (χ0v) is 12.4. The topological polar surface area (TPSA) is 15.3 Å². The van der Waals surface area contributed by atoms with Crippen LogP contribution >= 0.6 is 24.8 Å². The van der Waals surface area contributed by atoms with Crippen LogP contribution in [-0.4, -0.2) is 37.5 Å². The second-order valence-corrected chi connectivity index (χ2v) is 4.48. The first-order chi connectivity index (χ1) is 8.18. The third-order valence-corrected chi connectivity index (χ3v) is 3.17. The van der Waals surface area contributed by atoms with Gasteiger partial charge in [-0.2, -0.15) is 0 Å². The van der Waals surface area contributed by atoms with Gasteiger partial charge in [0.15, 0.2) is 0 Å². The summed E-state index contributed by atoms with van der Waals surface area (Å²) in [5.41, 5.74) is 1.75. The van der Waals surface area contributed by atoms with Crippen LogP contribution in [0.1, 0.15) is 17.2 Å². The molecule has 2 rings (SSSR count). The lowest BCUT2D eigenvalue weighted by Gasteiger charge is -2.34. The van der Waals surface area contributed by atoms with E-state index in [2.05, 4.69) is 5.32 Å². The van der Waals surface area contributed by atoms with Gasteiger partial charge in [-0.1, -0.05) is 29.8 Å². The van der Waals surface area contributed by atoms with E-state index >= 15 is 0 Å². The molecule has 1 aromatic rings. The van der Waals surface area contributed by atoms with Gasteiger partial charge in [-0.3, -0.25) is 4.90 Å². The molecule has 19 heavy (non-hydrogen) atoms. The van der Waals surface area contributed by atoms with Gasteiger partial charge in [0.25, 0.3) is 6.43 Å². The largest absolute Gasteiger partial charge is 0.314 e. The zero-order valence-electron chi connectivity index (χ0n) is 10.8. The first-order valence-electron chi connectivity index (χ1n) is 5.98. The van der Waals surface area contributed by atoms with Crippen LogP contribution in [0.25, 0.3) is 0 Å². The van der Waals surface area contributed by atoms with Gasteiger partial charge < -0.3 is 5.32 Å². The summed E-state index contributed by atoms with van der Waals surface area (Å²) in [5.74, 6) is 0.